The highest BCUT2D eigenvalue weighted by atomic mass is 32.1. The number of pyridine rings is 1. The smallest absolute Gasteiger partial charge is 0.258 e. The third kappa shape index (κ3) is 4.52. The molecule has 0 bridgehead atoms. The molecule has 0 fully saturated rings. The number of hydrogen-bond donors (Lipinski definition) is 2. The summed E-state index contributed by atoms with van der Waals surface area (Å²) in [5, 5.41) is 5.87. The van der Waals surface area contributed by atoms with Crippen LogP contribution in [0.4, 0.5) is 5.69 Å². The summed E-state index contributed by atoms with van der Waals surface area (Å²) < 4.78 is 5.89. The number of benzene rings is 2. The highest BCUT2D eigenvalue weighted by molar-refractivity contribution is 7.80. The van der Waals surface area contributed by atoms with Gasteiger partial charge in [0, 0.05) is 24.5 Å². The van der Waals surface area contributed by atoms with E-state index in [1.54, 1.807) is 18.3 Å². The van der Waals surface area contributed by atoms with Crippen LogP contribution in [-0.2, 0) is 6.42 Å². The predicted octanol–water partition coefficient (Wildman–Crippen LogP) is 4.56. The predicted molar refractivity (Wildman–Crippen MR) is 121 cm³/mol. The number of anilines is 1. The fraction of sp³-hybridized carbons (Fsp3) is 0.130. The fourth-order valence-electron chi connectivity index (χ4n) is 3.02. The lowest BCUT2D eigenvalue weighted by molar-refractivity contribution is 0.0977. The van der Waals surface area contributed by atoms with Gasteiger partial charge in [-0.2, -0.15) is 0 Å². The molecule has 4 aromatic rings. The third-order valence-electron chi connectivity index (χ3n) is 4.77. The van der Waals surface area contributed by atoms with Gasteiger partial charge >= 0.3 is 0 Å². The van der Waals surface area contributed by atoms with Gasteiger partial charge in [0.1, 0.15) is 5.52 Å². The summed E-state index contributed by atoms with van der Waals surface area (Å²) in [6.07, 6.45) is 3.69. The summed E-state index contributed by atoms with van der Waals surface area (Å²) in [4.78, 5) is 20.6. The van der Waals surface area contributed by atoms with Crippen LogP contribution in [0.25, 0.3) is 11.1 Å². The Bertz CT molecular complexity index is 1180. The normalized spacial score (nSPS) is 10.7. The highest BCUT2D eigenvalue weighted by Crippen LogP contribution is 2.22. The van der Waals surface area contributed by atoms with Crippen molar-refractivity contribution in [3.05, 3.63) is 89.1 Å². The number of carbonyl (C=O) groups is 1. The maximum absolute atomic E-state index is 12.1. The molecule has 2 aromatic carbocycles. The van der Waals surface area contributed by atoms with E-state index in [9.17, 15) is 4.79 Å². The molecule has 0 unspecified atom stereocenters. The minimum atomic E-state index is -0.307. The molecule has 2 aromatic heterocycles. The second kappa shape index (κ2) is 8.42. The quantitative estimate of drug-likeness (QED) is 0.475. The van der Waals surface area contributed by atoms with Gasteiger partial charge in [0.15, 0.2) is 16.6 Å². The van der Waals surface area contributed by atoms with Crippen LogP contribution >= 0.6 is 12.2 Å². The van der Waals surface area contributed by atoms with Crippen LogP contribution in [0.3, 0.4) is 0 Å². The summed E-state index contributed by atoms with van der Waals surface area (Å²) in [5.41, 5.74) is 6.35. The van der Waals surface area contributed by atoms with E-state index in [-0.39, 0.29) is 11.0 Å². The number of fused-ring (bicyclic) bond motifs is 1. The molecular formula is C23H20N4O2S. The largest absolute Gasteiger partial charge is 0.440 e. The molecule has 0 saturated heterocycles. The first-order valence-electron chi connectivity index (χ1n) is 9.46. The first kappa shape index (κ1) is 19.7. The number of amides is 1. The summed E-state index contributed by atoms with van der Waals surface area (Å²) in [6, 6.07) is 15.2. The molecule has 0 aliphatic rings. The summed E-state index contributed by atoms with van der Waals surface area (Å²) in [7, 11) is 0. The molecule has 7 heteroatoms. The summed E-state index contributed by atoms with van der Waals surface area (Å²) >= 11 is 5.22. The molecule has 2 N–H and O–H groups in total. The van der Waals surface area contributed by atoms with Crippen molar-refractivity contribution >= 4 is 40.0 Å². The number of nitrogens with zero attached hydrogens (tertiary/aromatic N) is 2. The van der Waals surface area contributed by atoms with Gasteiger partial charge in [-0.1, -0.05) is 12.1 Å². The molecule has 0 saturated carbocycles. The number of aromatic nitrogens is 2. The third-order valence-corrected chi connectivity index (χ3v) is 4.97. The lowest BCUT2D eigenvalue weighted by Gasteiger charge is -2.10. The molecule has 0 aliphatic carbocycles. The van der Waals surface area contributed by atoms with Crippen LogP contribution < -0.4 is 10.6 Å². The number of hydrogen-bond acceptors (Lipinski definition) is 5. The Hall–Kier alpha value is -3.58. The standard InChI is InChI=1S/C23H20N4O2S/c1-14-10-19-20(11-15(14)2)29-21(26-19)12-16-5-7-18(8-6-16)25-23(30)27-22(28)17-4-3-9-24-13-17/h3-11,13H,12H2,1-2H3,(H2,25,27,28,30). The van der Waals surface area contributed by atoms with Crippen molar-refractivity contribution in [1.82, 2.24) is 15.3 Å². The molecule has 150 valence electrons. The van der Waals surface area contributed by atoms with Crippen molar-refractivity contribution in [3.8, 4) is 0 Å². The van der Waals surface area contributed by atoms with Crippen molar-refractivity contribution in [2.24, 2.45) is 0 Å². The average Bonchev–Trinajstić information content (AvgIpc) is 3.11. The SMILES string of the molecule is Cc1cc2nc(Cc3ccc(NC(=S)NC(=O)c4cccnc4)cc3)oc2cc1C. The first-order chi connectivity index (χ1) is 14.5. The zero-order valence-corrected chi connectivity index (χ0v) is 17.4. The summed E-state index contributed by atoms with van der Waals surface area (Å²) in [6.45, 7) is 4.13. The Morgan fingerprint density at radius 3 is 2.60 bits per heavy atom. The van der Waals surface area contributed by atoms with Crippen LogP contribution in [0, 0.1) is 13.8 Å². The van der Waals surface area contributed by atoms with Crippen LogP contribution in [0.15, 0.2) is 65.3 Å². The van der Waals surface area contributed by atoms with E-state index in [0.717, 1.165) is 22.4 Å². The van der Waals surface area contributed by atoms with Gasteiger partial charge in [0.05, 0.1) is 5.56 Å². The highest BCUT2D eigenvalue weighted by Gasteiger charge is 2.10. The van der Waals surface area contributed by atoms with Crippen molar-refractivity contribution in [3.63, 3.8) is 0 Å². The van der Waals surface area contributed by atoms with Crippen molar-refractivity contribution in [2.45, 2.75) is 20.3 Å². The monoisotopic (exact) mass is 416 g/mol. The van der Waals surface area contributed by atoms with E-state index in [2.05, 4.69) is 34.4 Å². The van der Waals surface area contributed by atoms with Crippen molar-refractivity contribution < 1.29 is 9.21 Å². The Labute approximate surface area is 179 Å². The van der Waals surface area contributed by atoms with Crippen LogP contribution in [0.1, 0.15) is 32.9 Å². The van der Waals surface area contributed by atoms with Crippen LogP contribution in [-0.4, -0.2) is 21.0 Å². The molecule has 0 radical (unpaired) electrons. The van der Waals surface area contributed by atoms with Gasteiger partial charge in [0.25, 0.3) is 5.91 Å². The molecule has 30 heavy (non-hydrogen) atoms. The Kier molecular flexibility index (Phi) is 5.54. The summed E-state index contributed by atoms with van der Waals surface area (Å²) in [5.74, 6) is 0.369. The van der Waals surface area contributed by atoms with E-state index in [0.29, 0.717) is 17.9 Å². The lowest BCUT2D eigenvalue weighted by Crippen LogP contribution is -2.34. The van der Waals surface area contributed by atoms with Crippen molar-refractivity contribution in [1.29, 1.82) is 0 Å². The van der Waals surface area contributed by atoms with E-state index in [1.165, 1.54) is 17.3 Å². The molecule has 0 atom stereocenters. The average molecular weight is 417 g/mol. The van der Waals surface area contributed by atoms with Gasteiger partial charge < -0.3 is 9.73 Å². The fourth-order valence-corrected chi connectivity index (χ4v) is 3.23. The van der Waals surface area contributed by atoms with E-state index in [4.69, 9.17) is 16.6 Å². The zero-order chi connectivity index (χ0) is 21.1. The maximum Gasteiger partial charge on any atom is 0.258 e. The van der Waals surface area contributed by atoms with Gasteiger partial charge in [-0.05, 0) is 79.2 Å². The molecular weight excluding hydrogens is 396 g/mol. The van der Waals surface area contributed by atoms with E-state index in [1.807, 2.05) is 36.4 Å². The second-order valence-corrected chi connectivity index (χ2v) is 7.44. The lowest BCUT2D eigenvalue weighted by atomic mass is 10.1. The van der Waals surface area contributed by atoms with Crippen LogP contribution in [0.5, 0.6) is 0 Å². The Morgan fingerprint density at radius 1 is 1.10 bits per heavy atom. The number of thiocarbonyl (C=S) groups is 1. The number of carbonyl (C=O) groups excluding carboxylic acids is 1. The minimum Gasteiger partial charge on any atom is -0.440 e. The maximum atomic E-state index is 12.1. The number of oxazole rings is 1. The number of aryl methyl sites for hydroxylation is 2. The number of nitrogens with one attached hydrogen (secondary N) is 2. The van der Waals surface area contributed by atoms with Gasteiger partial charge in [-0.3, -0.25) is 15.1 Å². The van der Waals surface area contributed by atoms with E-state index < -0.39 is 0 Å². The molecule has 0 aliphatic heterocycles. The Balaban J connectivity index is 1.38. The minimum absolute atomic E-state index is 0.223. The van der Waals surface area contributed by atoms with Gasteiger partial charge in [0.2, 0.25) is 0 Å². The Morgan fingerprint density at radius 2 is 1.87 bits per heavy atom. The molecule has 6 nitrogen and oxygen atoms in total. The molecule has 4 rings (SSSR count). The second-order valence-electron chi connectivity index (χ2n) is 7.04. The van der Waals surface area contributed by atoms with Crippen molar-refractivity contribution in [2.75, 3.05) is 5.32 Å². The van der Waals surface area contributed by atoms with Gasteiger partial charge in [-0.25, -0.2) is 4.98 Å². The van der Waals surface area contributed by atoms with Crippen LogP contribution in [0.2, 0.25) is 0 Å². The molecule has 2 heterocycles. The van der Waals surface area contributed by atoms with E-state index >= 15 is 0 Å². The molecule has 0 spiro atoms. The topological polar surface area (TPSA) is 80.0 Å². The van der Waals surface area contributed by atoms with Gasteiger partial charge in [-0.15, -0.1) is 0 Å². The first-order valence-corrected chi connectivity index (χ1v) is 9.87. The zero-order valence-electron chi connectivity index (χ0n) is 16.6. The number of rotatable bonds is 4. The molecule has 1 amide bonds.